The van der Waals surface area contributed by atoms with Gasteiger partial charge in [0.15, 0.2) is 11.6 Å². The number of benzene rings is 2. The number of carboxylic acids is 1. The molecule has 1 saturated heterocycles. The van der Waals surface area contributed by atoms with Crippen LogP contribution in [-0.2, 0) is 6.54 Å². The van der Waals surface area contributed by atoms with Crippen molar-refractivity contribution >= 4 is 28.5 Å². The Morgan fingerprint density at radius 2 is 1.72 bits per heavy atom. The van der Waals surface area contributed by atoms with Crippen LogP contribution >= 0.6 is 0 Å². The standard InChI is InChI=1S/C28H29FN6O4/c1-3-32(2)16-18-5-7-19(8-6-18)35-17-21(27(38)39)25(36)20-15-22(29)24(26(37)23(20)35)33-11-13-34(14-12-33)28-30-9-4-10-31-28/h4-10,15,17,37H,3,11-14,16H2,1-2H3,(H,38,39). The van der Waals surface area contributed by atoms with E-state index in [4.69, 9.17) is 0 Å². The van der Waals surface area contributed by atoms with Gasteiger partial charge in [0, 0.05) is 57.0 Å². The summed E-state index contributed by atoms with van der Waals surface area (Å²) in [6.07, 6.45) is 4.50. The third kappa shape index (κ3) is 5.00. The molecule has 2 N–H and O–H groups in total. The molecule has 0 bridgehead atoms. The number of halogens is 1. The number of hydrogen-bond acceptors (Lipinski definition) is 8. The van der Waals surface area contributed by atoms with Gasteiger partial charge in [0.05, 0.1) is 5.39 Å². The number of carbonyl (C=O) groups is 1. The number of phenolic OH excluding ortho intramolecular Hbond substituents is 1. The summed E-state index contributed by atoms with van der Waals surface area (Å²) in [5.74, 6) is -2.07. The third-order valence-corrected chi connectivity index (χ3v) is 7.06. The first-order valence-electron chi connectivity index (χ1n) is 12.7. The highest BCUT2D eigenvalue weighted by Gasteiger charge is 2.28. The number of carboxylic acid groups (broad SMARTS) is 1. The molecule has 11 heteroatoms. The van der Waals surface area contributed by atoms with E-state index >= 15 is 4.39 Å². The van der Waals surface area contributed by atoms with Crippen molar-refractivity contribution < 1.29 is 19.4 Å². The van der Waals surface area contributed by atoms with Crippen molar-refractivity contribution in [2.75, 3.05) is 49.6 Å². The first kappa shape index (κ1) is 26.1. The molecule has 0 amide bonds. The summed E-state index contributed by atoms with van der Waals surface area (Å²) >= 11 is 0. The first-order valence-corrected chi connectivity index (χ1v) is 12.7. The van der Waals surface area contributed by atoms with E-state index in [1.165, 1.54) is 10.8 Å². The molecule has 0 radical (unpaired) electrons. The number of pyridine rings is 1. The Balaban J connectivity index is 1.59. The van der Waals surface area contributed by atoms with Gasteiger partial charge in [-0.3, -0.25) is 4.79 Å². The van der Waals surface area contributed by atoms with Gasteiger partial charge < -0.3 is 29.5 Å². The quantitative estimate of drug-likeness (QED) is 0.371. The zero-order chi connectivity index (χ0) is 27.7. The zero-order valence-electron chi connectivity index (χ0n) is 21.7. The van der Waals surface area contributed by atoms with Crippen molar-refractivity contribution in [2.24, 2.45) is 0 Å². The molecule has 2 aromatic heterocycles. The minimum absolute atomic E-state index is 0.0338. The average Bonchev–Trinajstić information content (AvgIpc) is 2.94. The van der Waals surface area contributed by atoms with Crippen molar-refractivity contribution in [3.8, 4) is 11.4 Å². The van der Waals surface area contributed by atoms with Gasteiger partial charge in [-0.05, 0) is 43.4 Å². The molecule has 5 rings (SSSR count). The molecular formula is C28H29FN6O4. The summed E-state index contributed by atoms with van der Waals surface area (Å²) in [6.45, 7) is 5.42. The summed E-state index contributed by atoms with van der Waals surface area (Å²) < 4.78 is 16.9. The van der Waals surface area contributed by atoms with Crippen LogP contribution in [0.15, 0.2) is 59.8 Å². The Bertz CT molecular complexity index is 1570. The molecule has 10 nitrogen and oxygen atoms in total. The zero-order valence-corrected chi connectivity index (χ0v) is 21.7. The summed E-state index contributed by atoms with van der Waals surface area (Å²) in [5.41, 5.74) is 0.219. The molecule has 0 spiro atoms. The number of aromatic carboxylic acids is 1. The lowest BCUT2D eigenvalue weighted by molar-refractivity contribution is 0.0695. The highest BCUT2D eigenvalue weighted by Crippen LogP contribution is 2.38. The van der Waals surface area contributed by atoms with Crippen LogP contribution < -0.4 is 15.2 Å². The van der Waals surface area contributed by atoms with E-state index in [0.29, 0.717) is 37.8 Å². The van der Waals surface area contributed by atoms with E-state index in [-0.39, 0.29) is 16.6 Å². The summed E-state index contributed by atoms with van der Waals surface area (Å²) in [4.78, 5) is 39.3. The smallest absolute Gasteiger partial charge is 0.341 e. The lowest BCUT2D eigenvalue weighted by atomic mass is 10.1. The van der Waals surface area contributed by atoms with Crippen LogP contribution in [0.4, 0.5) is 16.0 Å². The molecule has 1 fully saturated rings. The molecule has 1 aliphatic heterocycles. The van der Waals surface area contributed by atoms with Crippen LogP contribution in [0.5, 0.6) is 5.75 Å². The maximum absolute atomic E-state index is 15.5. The van der Waals surface area contributed by atoms with Crippen LogP contribution in [0.1, 0.15) is 22.8 Å². The largest absolute Gasteiger partial charge is 0.504 e. The average molecular weight is 533 g/mol. The van der Waals surface area contributed by atoms with Crippen molar-refractivity contribution in [3.05, 3.63) is 82.2 Å². The first-order chi connectivity index (χ1) is 18.8. The van der Waals surface area contributed by atoms with Crippen LogP contribution in [0.25, 0.3) is 16.6 Å². The third-order valence-electron chi connectivity index (χ3n) is 7.06. The molecule has 0 unspecified atom stereocenters. The fraction of sp³-hybridized carbons (Fsp3) is 0.286. The number of nitrogens with zero attached hydrogens (tertiary/aromatic N) is 6. The molecule has 0 saturated carbocycles. The summed E-state index contributed by atoms with van der Waals surface area (Å²) in [7, 11) is 2.00. The number of rotatable bonds is 7. The number of hydrogen-bond donors (Lipinski definition) is 2. The number of aromatic nitrogens is 3. The van der Waals surface area contributed by atoms with Crippen molar-refractivity contribution in [1.82, 2.24) is 19.4 Å². The van der Waals surface area contributed by atoms with Gasteiger partial charge in [-0.2, -0.15) is 0 Å². The Hall–Kier alpha value is -4.51. The maximum Gasteiger partial charge on any atom is 0.341 e. The molecule has 39 heavy (non-hydrogen) atoms. The van der Waals surface area contributed by atoms with Gasteiger partial charge in [0.25, 0.3) is 0 Å². The number of anilines is 2. The number of fused-ring (bicyclic) bond motifs is 1. The predicted octanol–water partition coefficient (Wildman–Crippen LogP) is 3.10. The minimum atomic E-state index is -1.43. The van der Waals surface area contributed by atoms with Crippen LogP contribution in [-0.4, -0.2) is 75.4 Å². The van der Waals surface area contributed by atoms with Gasteiger partial charge in [-0.25, -0.2) is 19.2 Å². The number of piperazine rings is 1. The van der Waals surface area contributed by atoms with Crippen molar-refractivity contribution in [2.45, 2.75) is 13.5 Å². The second-order valence-corrected chi connectivity index (χ2v) is 9.52. The van der Waals surface area contributed by atoms with Crippen molar-refractivity contribution in [1.29, 1.82) is 0 Å². The monoisotopic (exact) mass is 532 g/mol. The Morgan fingerprint density at radius 3 is 2.33 bits per heavy atom. The van der Waals surface area contributed by atoms with E-state index in [9.17, 15) is 19.8 Å². The molecular weight excluding hydrogens is 503 g/mol. The Labute approximate surface area is 224 Å². The molecule has 4 aromatic rings. The SMILES string of the molecule is CCN(C)Cc1ccc(-n2cc(C(=O)O)c(=O)c3cc(F)c(N4CCN(c5ncccn5)CC4)c(O)c32)cc1. The topological polar surface area (TPSA) is 115 Å². The lowest BCUT2D eigenvalue weighted by Crippen LogP contribution is -2.47. The van der Waals surface area contributed by atoms with Gasteiger partial charge in [0.2, 0.25) is 11.4 Å². The minimum Gasteiger partial charge on any atom is -0.504 e. The van der Waals surface area contributed by atoms with Gasteiger partial charge in [-0.1, -0.05) is 19.1 Å². The number of aromatic hydroxyl groups is 1. The molecule has 3 heterocycles. The highest BCUT2D eigenvalue weighted by molar-refractivity contribution is 5.97. The summed E-state index contributed by atoms with van der Waals surface area (Å²) in [6, 6.07) is 10.1. The molecule has 1 aliphatic rings. The fourth-order valence-corrected chi connectivity index (χ4v) is 4.86. The normalized spacial score (nSPS) is 13.8. The highest BCUT2D eigenvalue weighted by atomic mass is 19.1. The van der Waals surface area contributed by atoms with E-state index in [1.54, 1.807) is 35.5 Å². The second kappa shape index (κ2) is 10.7. The fourth-order valence-electron chi connectivity index (χ4n) is 4.86. The number of phenols is 1. The van der Waals surface area contributed by atoms with Crippen molar-refractivity contribution in [3.63, 3.8) is 0 Å². The van der Waals surface area contributed by atoms with E-state index in [1.807, 2.05) is 24.1 Å². The van der Waals surface area contributed by atoms with Crippen LogP contribution in [0, 0.1) is 5.82 Å². The molecule has 0 aliphatic carbocycles. The van der Waals surface area contributed by atoms with Gasteiger partial charge in [0.1, 0.15) is 16.8 Å². The van der Waals surface area contributed by atoms with E-state index in [2.05, 4.69) is 21.8 Å². The van der Waals surface area contributed by atoms with Crippen LogP contribution in [0.2, 0.25) is 0 Å². The Morgan fingerprint density at radius 1 is 1.08 bits per heavy atom. The van der Waals surface area contributed by atoms with Gasteiger partial charge in [-0.15, -0.1) is 0 Å². The predicted molar refractivity (Wildman–Crippen MR) is 147 cm³/mol. The van der Waals surface area contributed by atoms with Gasteiger partial charge >= 0.3 is 5.97 Å². The van der Waals surface area contributed by atoms with E-state index in [0.717, 1.165) is 24.7 Å². The molecule has 2 aromatic carbocycles. The van der Waals surface area contributed by atoms with E-state index < -0.39 is 28.5 Å². The molecule has 0 atom stereocenters. The molecule has 202 valence electrons. The Kier molecular flexibility index (Phi) is 7.16. The maximum atomic E-state index is 15.5. The summed E-state index contributed by atoms with van der Waals surface area (Å²) in [5, 5.41) is 20.9. The lowest BCUT2D eigenvalue weighted by Gasteiger charge is -2.36. The second-order valence-electron chi connectivity index (χ2n) is 9.52. The van der Waals surface area contributed by atoms with Crippen LogP contribution in [0.3, 0.4) is 0 Å².